The molecular weight excluding hydrogens is 442 g/mol. The summed E-state index contributed by atoms with van der Waals surface area (Å²) in [4.78, 5) is 22.0. The van der Waals surface area contributed by atoms with Crippen LogP contribution >= 0.6 is 0 Å². The molecule has 3 aromatic heterocycles. The Kier molecular flexibility index (Phi) is 6.07. The van der Waals surface area contributed by atoms with E-state index in [-0.39, 0.29) is 24.2 Å². The summed E-state index contributed by atoms with van der Waals surface area (Å²) in [6.07, 6.45) is 5.21. The summed E-state index contributed by atoms with van der Waals surface area (Å²) in [6.45, 7) is 8.49. The van der Waals surface area contributed by atoms with Crippen LogP contribution in [0.2, 0.25) is 0 Å². The first kappa shape index (κ1) is 23.1. The van der Waals surface area contributed by atoms with Crippen LogP contribution < -0.4 is 10.5 Å². The molecule has 1 aliphatic rings. The zero-order valence-corrected chi connectivity index (χ0v) is 20.7. The minimum absolute atomic E-state index is 0.0666. The van der Waals surface area contributed by atoms with Crippen LogP contribution in [0.3, 0.4) is 0 Å². The Morgan fingerprint density at radius 1 is 1.20 bits per heavy atom. The summed E-state index contributed by atoms with van der Waals surface area (Å²) < 4.78 is 8.77. The van der Waals surface area contributed by atoms with Gasteiger partial charge >= 0.3 is 0 Å². The Morgan fingerprint density at radius 3 is 2.74 bits per heavy atom. The van der Waals surface area contributed by atoms with E-state index in [1.807, 2.05) is 6.07 Å². The average Bonchev–Trinajstić information content (AvgIpc) is 3.52. The molecule has 0 spiro atoms. The van der Waals surface area contributed by atoms with Crippen molar-refractivity contribution in [3.05, 3.63) is 52.8 Å². The monoisotopic (exact) mass is 473 g/mol. The first-order chi connectivity index (χ1) is 16.9. The maximum absolute atomic E-state index is 12.9. The zero-order chi connectivity index (χ0) is 24.7. The van der Waals surface area contributed by atoms with E-state index in [1.54, 1.807) is 28.6 Å². The maximum atomic E-state index is 12.9. The molecule has 0 amide bonds. The van der Waals surface area contributed by atoms with Crippen molar-refractivity contribution in [3.8, 4) is 6.07 Å². The molecule has 9 nitrogen and oxygen atoms in total. The molecule has 0 unspecified atom stereocenters. The number of oxazole rings is 1. The van der Waals surface area contributed by atoms with Crippen LogP contribution in [0, 0.1) is 11.3 Å². The quantitative estimate of drug-likeness (QED) is 0.420. The van der Waals surface area contributed by atoms with Gasteiger partial charge in [0.1, 0.15) is 17.6 Å². The number of rotatable bonds is 6. The highest BCUT2D eigenvalue weighted by Crippen LogP contribution is 2.35. The number of nitrogens with zero attached hydrogens (tertiary/aromatic N) is 7. The second-order valence-corrected chi connectivity index (χ2v) is 9.37. The first-order valence-corrected chi connectivity index (χ1v) is 12.2. The molecule has 5 rings (SSSR count). The number of benzene rings is 1. The van der Waals surface area contributed by atoms with Crippen molar-refractivity contribution >= 4 is 27.8 Å². The lowest BCUT2D eigenvalue weighted by Crippen LogP contribution is -2.58. The minimum Gasteiger partial charge on any atom is -0.443 e. The lowest BCUT2D eigenvalue weighted by Gasteiger charge is -2.49. The Bertz CT molecular complexity index is 1460. The number of hydrogen-bond donors (Lipinski definition) is 0. The zero-order valence-electron chi connectivity index (χ0n) is 20.7. The molecule has 4 heterocycles. The van der Waals surface area contributed by atoms with Gasteiger partial charge in [0.2, 0.25) is 0 Å². The largest absolute Gasteiger partial charge is 0.443 e. The summed E-state index contributed by atoms with van der Waals surface area (Å²) in [6, 6.07) is 10.8. The fourth-order valence-electron chi connectivity index (χ4n) is 5.39. The Hall–Kier alpha value is -3.64. The number of pyridine rings is 1. The average molecular weight is 474 g/mol. The third-order valence-corrected chi connectivity index (χ3v) is 7.50. The van der Waals surface area contributed by atoms with Gasteiger partial charge in [-0.25, -0.2) is 4.98 Å². The highest BCUT2D eigenvalue weighted by Gasteiger charge is 2.36. The van der Waals surface area contributed by atoms with Gasteiger partial charge in [-0.3, -0.25) is 14.4 Å². The predicted molar refractivity (Wildman–Crippen MR) is 135 cm³/mol. The minimum atomic E-state index is -0.0666. The number of fused-ring (bicyclic) bond motifs is 2. The van der Waals surface area contributed by atoms with E-state index in [9.17, 15) is 4.79 Å². The second-order valence-electron chi connectivity index (χ2n) is 9.37. The summed E-state index contributed by atoms with van der Waals surface area (Å²) in [5.74, 6) is 0. The first-order valence-electron chi connectivity index (χ1n) is 12.2. The van der Waals surface area contributed by atoms with Crippen LogP contribution in [-0.2, 0) is 13.6 Å². The van der Waals surface area contributed by atoms with Gasteiger partial charge in [-0.15, -0.1) is 0 Å². The molecule has 35 heavy (non-hydrogen) atoms. The molecule has 3 atom stereocenters. The molecule has 1 saturated heterocycles. The summed E-state index contributed by atoms with van der Waals surface area (Å²) in [7, 11) is 1.75. The third-order valence-electron chi connectivity index (χ3n) is 7.50. The second kappa shape index (κ2) is 9.19. The molecule has 1 aliphatic heterocycles. The fourth-order valence-corrected chi connectivity index (χ4v) is 5.39. The summed E-state index contributed by atoms with van der Waals surface area (Å²) >= 11 is 0. The molecule has 182 valence electrons. The molecule has 0 aliphatic carbocycles. The van der Waals surface area contributed by atoms with Crippen LogP contribution in [-0.4, -0.2) is 49.4 Å². The number of piperazine rings is 1. The number of anilines is 1. The van der Waals surface area contributed by atoms with Gasteiger partial charge in [0.15, 0.2) is 12.0 Å². The van der Waals surface area contributed by atoms with Crippen molar-refractivity contribution in [1.82, 2.24) is 24.2 Å². The number of nitriles is 1. The van der Waals surface area contributed by atoms with Crippen molar-refractivity contribution in [2.24, 2.45) is 7.05 Å². The summed E-state index contributed by atoms with van der Waals surface area (Å²) in [5.41, 5.74) is 5.21. The molecule has 9 heteroatoms. The highest BCUT2D eigenvalue weighted by atomic mass is 16.3. The van der Waals surface area contributed by atoms with Crippen molar-refractivity contribution in [2.45, 2.75) is 58.3 Å². The van der Waals surface area contributed by atoms with Crippen LogP contribution in [0.5, 0.6) is 0 Å². The van der Waals surface area contributed by atoms with E-state index >= 15 is 0 Å². The normalized spacial score (nSPS) is 19.9. The van der Waals surface area contributed by atoms with E-state index in [0.29, 0.717) is 6.04 Å². The Morgan fingerprint density at radius 2 is 2.00 bits per heavy atom. The van der Waals surface area contributed by atoms with Crippen molar-refractivity contribution in [1.29, 1.82) is 5.26 Å². The van der Waals surface area contributed by atoms with E-state index in [2.05, 4.69) is 58.9 Å². The van der Waals surface area contributed by atoms with Crippen molar-refractivity contribution < 1.29 is 4.42 Å². The standard InChI is InChI=1S/C26H31N7O2/c1-5-19-14-33(22-12-25(34)30(4)23-15-31(10-9-27)29-26(22)23)20(6-2)13-32(19)17(3)18-7-8-21-24(11-18)35-16-28-21/h7-8,11-12,15-17,19-20H,5-6,10,13-14H2,1-4H3/t17-,19-,20+/m1/s1. The molecule has 0 radical (unpaired) electrons. The Balaban J connectivity index is 1.51. The molecule has 1 fully saturated rings. The van der Waals surface area contributed by atoms with E-state index in [0.717, 1.165) is 53.8 Å². The van der Waals surface area contributed by atoms with Gasteiger partial charge in [-0.2, -0.15) is 10.4 Å². The number of aryl methyl sites for hydroxylation is 1. The number of hydrogen-bond acceptors (Lipinski definition) is 7. The molecule has 1 aromatic carbocycles. The van der Waals surface area contributed by atoms with Crippen LogP contribution in [0.25, 0.3) is 22.1 Å². The van der Waals surface area contributed by atoms with Gasteiger partial charge in [0, 0.05) is 44.3 Å². The van der Waals surface area contributed by atoms with Crippen LogP contribution in [0.15, 0.2) is 46.1 Å². The molecule has 0 bridgehead atoms. The van der Waals surface area contributed by atoms with E-state index < -0.39 is 0 Å². The van der Waals surface area contributed by atoms with E-state index in [4.69, 9.17) is 9.68 Å². The van der Waals surface area contributed by atoms with Crippen LogP contribution in [0.4, 0.5) is 5.69 Å². The van der Waals surface area contributed by atoms with Gasteiger partial charge in [0.25, 0.3) is 5.56 Å². The number of aromatic nitrogens is 4. The maximum Gasteiger partial charge on any atom is 0.252 e. The third kappa shape index (κ3) is 3.98. The van der Waals surface area contributed by atoms with Crippen LogP contribution in [0.1, 0.15) is 45.2 Å². The van der Waals surface area contributed by atoms with Gasteiger partial charge in [-0.1, -0.05) is 19.9 Å². The summed E-state index contributed by atoms with van der Waals surface area (Å²) in [5, 5.41) is 13.8. The molecule has 0 N–H and O–H groups in total. The molecular formula is C26H31N7O2. The highest BCUT2D eigenvalue weighted by molar-refractivity contribution is 5.88. The lowest BCUT2D eigenvalue weighted by atomic mass is 9.96. The van der Waals surface area contributed by atoms with Gasteiger partial charge in [0.05, 0.1) is 23.5 Å². The molecule has 4 aromatic rings. The Labute approximate surface area is 204 Å². The lowest BCUT2D eigenvalue weighted by molar-refractivity contribution is 0.101. The van der Waals surface area contributed by atoms with Gasteiger partial charge in [-0.05, 0) is 37.5 Å². The fraction of sp³-hybridized carbons (Fsp3) is 0.462. The SMILES string of the molecule is CC[C@H]1CN([C@H](C)c2ccc3ncoc3c2)[C@H](CC)CN1c1cc(=O)n(C)c2cn(CC#N)nc12. The van der Waals surface area contributed by atoms with Gasteiger partial charge < -0.3 is 13.9 Å². The van der Waals surface area contributed by atoms with Crippen molar-refractivity contribution in [3.63, 3.8) is 0 Å². The van der Waals surface area contributed by atoms with Crippen molar-refractivity contribution in [2.75, 3.05) is 18.0 Å². The van der Waals surface area contributed by atoms with E-state index in [1.165, 1.54) is 12.0 Å². The molecule has 0 saturated carbocycles. The smallest absolute Gasteiger partial charge is 0.252 e. The predicted octanol–water partition coefficient (Wildman–Crippen LogP) is 3.84. The topological polar surface area (TPSA) is 96.1 Å².